The summed E-state index contributed by atoms with van der Waals surface area (Å²) >= 11 is 0. The van der Waals surface area contributed by atoms with Gasteiger partial charge >= 0.3 is 5.97 Å². The van der Waals surface area contributed by atoms with Crippen molar-refractivity contribution in [1.82, 2.24) is 4.90 Å². The number of carbonyl (C=O) groups is 2. The minimum Gasteiger partial charge on any atom is -0.495 e. The van der Waals surface area contributed by atoms with Gasteiger partial charge in [-0.1, -0.05) is 12.1 Å². The van der Waals surface area contributed by atoms with E-state index < -0.39 is 22.1 Å². The van der Waals surface area contributed by atoms with Gasteiger partial charge in [0.2, 0.25) is 0 Å². The zero-order valence-corrected chi connectivity index (χ0v) is 20.9. The van der Waals surface area contributed by atoms with Gasteiger partial charge in [0, 0.05) is 19.1 Å². The van der Waals surface area contributed by atoms with Gasteiger partial charge in [0.1, 0.15) is 5.75 Å². The van der Waals surface area contributed by atoms with Crippen LogP contribution < -0.4 is 9.04 Å². The highest BCUT2D eigenvalue weighted by molar-refractivity contribution is 7.92. The summed E-state index contributed by atoms with van der Waals surface area (Å²) in [6.45, 7) is 9.11. The SMILES string of the molecule is COc1ccccc1N(C)S(=O)(=O)c1ccc(C(=O)OC(C)C(=O)N(C(C)C)C(C)C)cc1. The molecular formula is C24H32N2O6S. The van der Waals surface area contributed by atoms with Gasteiger partial charge in [-0.2, -0.15) is 0 Å². The smallest absolute Gasteiger partial charge is 0.338 e. The van der Waals surface area contributed by atoms with E-state index in [-0.39, 0.29) is 28.4 Å². The van der Waals surface area contributed by atoms with Crippen LogP contribution in [0.2, 0.25) is 0 Å². The molecule has 1 atom stereocenters. The Labute approximate surface area is 196 Å². The van der Waals surface area contributed by atoms with Gasteiger partial charge in [0.15, 0.2) is 6.10 Å². The third-order valence-corrected chi connectivity index (χ3v) is 6.96. The molecule has 0 aliphatic rings. The molecule has 2 rings (SSSR count). The summed E-state index contributed by atoms with van der Waals surface area (Å²) in [5.74, 6) is -0.574. The molecule has 0 N–H and O–H groups in total. The summed E-state index contributed by atoms with van der Waals surface area (Å²) in [7, 11) is -1.000. The second-order valence-corrected chi connectivity index (χ2v) is 10.1. The molecule has 180 valence electrons. The van der Waals surface area contributed by atoms with E-state index in [1.165, 1.54) is 45.3 Å². The van der Waals surface area contributed by atoms with E-state index in [1.54, 1.807) is 29.2 Å². The molecule has 0 aromatic heterocycles. The first kappa shape index (κ1) is 26.2. The molecule has 1 unspecified atom stereocenters. The number of sulfonamides is 1. The number of anilines is 1. The summed E-state index contributed by atoms with van der Waals surface area (Å²) in [6, 6.07) is 12.1. The predicted molar refractivity (Wildman–Crippen MR) is 127 cm³/mol. The highest BCUT2D eigenvalue weighted by Gasteiger charge is 2.28. The van der Waals surface area contributed by atoms with E-state index in [1.807, 2.05) is 27.7 Å². The van der Waals surface area contributed by atoms with E-state index in [0.717, 1.165) is 4.31 Å². The molecule has 8 nitrogen and oxygen atoms in total. The highest BCUT2D eigenvalue weighted by Crippen LogP contribution is 2.30. The van der Waals surface area contributed by atoms with Gasteiger partial charge in [-0.3, -0.25) is 9.10 Å². The van der Waals surface area contributed by atoms with Crippen LogP contribution in [0.25, 0.3) is 0 Å². The fourth-order valence-electron chi connectivity index (χ4n) is 3.53. The summed E-state index contributed by atoms with van der Waals surface area (Å²) in [4.78, 5) is 26.9. The average molecular weight is 477 g/mol. The Morgan fingerprint density at radius 1 is 0.879 bits per heavy atom. The molecule has 0 bridgehead atoms. The molecule has 9 heteroatoms. The lowest BCUT2D eigenvalue weighted by molar-refractivity contribution is -0.143. The number of para-hydroxylation sites is 2. The Bertz CT molecular complexity index is 1070. The van der Waals surface area contributed by atoms with Gasteiger partial charge in [0.05, 0.1) is 23.3 Å². The number of amides is 1. The standard InChI is InChI=1S/C24H32N2O6S/c1-16(2)26(17(3)4)23(27)18(5)32-24(28)19-12-14-20(15-13-19)33(29,30)25(6)21-10-8-9-11-22(21)31-7/h8-18H,1-7H3. The zero-order valence-electron chi connectivity index (χ0n) is 20.1. The monoisotopic (exact) mass is 476 g/mol. The Balaban J connectivity index is 2.19. The maximum atomic E-state index is 13.1. The van der Waals surface area contributed by atoms with Crippen LogP contribution in [0.15, 0.2) is 53.4 Å². The number of carbonyl (C=O) groups excluding carboxylic acids is 2. The molecule has 2 aromatic rings. The normalized spacial score (nSPS) is 12.4. The third-order valence-electron chi connectivity index (χ3n) is 5.17. The molecule has 2 aromatic carbocycles. The predicted octanol–water partition coefficient (Wildman–Crippen LogP) is 3.71. The average Bonchev–Trinajstić information content (AvgIpc) is 2.77. The van der Waals surface area contributed by atoms with Crippen molar-refractivity contribution in [2.24, 2.45) is 0 Å². The van der Waals surface area contributed by atoms with Gasteiger partial charge < -0.3 is 14.4 Å². The quantitative estimate of drug-likeness (QED) is 0.512. The van der Waals surface area contributed by atoms with Gasteiger partial charge in [-0.25, -0.2) is 13.2 Å². The van der Waals surface area contributed by atoms with E-state index in [2.05, 4.69) is 0 Å². The van der Waals surface area contributed by atoms with E-state index in [4.69, 9.17) is 9.47 Å². The number of ether oxygens (including phenoxy) is 2. The second-order valence-electron chi connectivity index (χ2n) is 8.15. The van der Waals surface area contributed by atoms with Crippen molar-refractivity contribution in [3.05, 3.63) is 54.1 Å². The number of nitrogens with zero attached hydrogens (tertiary/aromatic N) is 2. The lowest BCUT2D eigenvalue weighted by atomic mass is 10.2. The van der Waals surface area contributed by atoms with Crippen molar-refractivity contribution >= 4 is 27.6 Å². The van der Waals surface area contributed by atoms with Crippen LogP contribution in [-0.2, 0) is 19.6 Å². The van der Waals surface area contributed by atoms with Crippen LogP contribution in [-0.4, -0.2) is 57.5 Å². The summed E-state index contributed by atoms with van der Waals surface area (Å²) in [5, 5.41) is 0. The second kappa shape index (κ2) is 10.7. The van der Waals surface area contributed by atoms with E-state index >= 15 is 0 Å². The van der Waals surface area contributed by atoms with Crippen molar-refractivity contribution in [2.45, 2.75) is 57.7 Å². The van der Waals surface area contributed by atoms with Crippen molar-refractivity contribution in [1.29, 1.82) is 0 Å². The topological polar surface area (TPSA) is 93.2 Å². The lowest BCUT2D eigenvalue weighted by Gasteiger charge is -2.32. The molecule has 0 heterocycles. The largest absolute Gasteiger partial charge is 0.495 e. The van der Waals surface area contributed by atoms with Crippen molar-refractivity contribution in [2.75, 3.05) is 18.5 Å². The molecule has 0 spiro atoms. The molecule has 1 amide bonds. The van der Waals surface area contributed by atoms with Crippen molar-refractivity contribution in [3.8, 4) is 5.75 Å². The number of hydrogen-bond donors (Lipinski definition) is 0. The molecule has 0 radical (unpaired) electrons. The highest BCUT2D eigenvalue weighted by atomic mass is 32.2. The Kier molecular flexibility index (Phi) is 8.49. The van der Waals surface area contributed by atoms with Crippen LogP contribution in [0.3, 0.4) is 0 Å². The zero-order chi connectivity index (χ0) is 24.9. The molecule has 0 saturated heterocycles. The van der Waals surface area contributed by atoms with Crippen molar-refractivity contribution < 1.29 is 27.5 Å². The minimum absolute atomic E-state index is 0.00220. The molecular weight excluding hydrogens is 444 g/mol. The fraction of sp³-hybridized carbons (Fsp3) is 0.417. The van der Waals surface area contributed by atoms with Crippen LogP contribution in [0, 0.1) is 0 Å². The maximum Gasteiger partial charge on any atom is 0.338 e. The summed E-state index contributed by atoms with van der Waals surface area (Å²) in [5.41, 5.74) is 0.532. The molecule has 0 saturated carbocycles. The van der Waals surface area contributed by atoms with Crippen LogP contribution in [0.1, 0.15) is 45.0 Å². The molecule has 0 fully saturated rings. The third kappa shape index (κ3) is 5.84. The first-order valence-corrected chi connectivity index (χ1v) is 12.1. The van der Waals surface area contributed by atoms with Gasteiger partial charge in [-0.05, 0) is 71.0 Å². The number of esters is 1. The van der Waals surface area contributed by atoms with Gasteiger partial charge in [0.25, 0.3) is 15.9 Å². The van der Waals surface area contributed by atoms with E-state index in [0.29, 0.717) is 11.4 Å². The Morgan fingerprint density at radius 3 is 1.94 bits per heavy atom. The molecule has 0 aliphatic heterocycles. The Hall–Kier alpha value is -3.07. The number of benzene rings is 2. The maximum absolute atomic E-state index is 13.1. The van der Waals surface area contributed by atoms with Crippen LogP contribution in [0.5, 0.6) is 5.75 Å². The Morgan fingerprint density at radius 2 is 1.42 bits per heavy atom. The van der Waals surface area contributed by atoms with Crippen molar-refractivity contribution in [3.63, 3.8) is 0 Å². The first-order valence-electron chi connectivity index (χ1n) is 10.7. The van der Waals surface area contributed by atoms with Crippen LogP contribution >= 0.6 is 0 Å². The lowest BCUT2D eigenvalue weighted by Crippen LogP contribution is -2.47. The molecule has 0 aliphatic carbocycles. The number of hydrogen-bond acceptors (Lipinski definition) is 6. The van der Waals surface area contributed by atoms with Gasteiger partial charge in [-0.15, -0.1) is 0 Å². The first-order chi connectivity index (χ1) is 15.4. The van der Waals surface area contributed by atoms with Crippen LogP contribution in [0.4, 0.5) is 5.69 Å². The summed E-state index contributed by atoms with van der Waals surface area (Å²) < 4.78 is 37.8. The summed E-state index contributed by atoms with van der Waals surface area (Å²) in [6.07, 6.45) is -0.970. The number of rotatable bonds is 9. The number of methoxy groups -OCH3 is 1. The van der Waals surface area contributed by atoms with E-state index in [9.17, 15) is 18.0 Å². The fourth-order valence-corrected chi connectivity index (χ4v) is 4.74. The molecule has 33 heavy (non-hydrogen) atoms. The minimum atomic E-state index is -3.89.